The van der Waals surface area contributed by atoms with Gasteiger partial charge >= 0.3 is 5.97 Å². The van der Waals surface area contributed by atoms with Crippen LogP contribution in [0.3, 0.4) is 0 Å². The second-order valence-electron chi connectivity index (χ2n) is 4.64. The summed E-state index contributed by atoms with van der Waals surface area (Å²) in [5.74, 6) is -0.330. The quantitative estimate of drug-likeness (QED) is 0.607. The van der Waals surface area contributed by atoms with E-state index in [1.165, 1.54) is 0 Å². The van der Waals surface area contributed by atoms with Gasteiger partial charge in [0, 0.05) is 17.3 Å². The number of rotatable bonds is 5. The molecule has 21 heavy (non-hydrogen) atoms. The Labute approximate surface area is 130 Å². The summed E-state index contributed by atoms with van der Waals surface area (Å²) in [6.07, 6.45) is -0.374. The minimum atomic E-state index is -0.374. The highest BCUT2D eigenvalue weighted by Crippen LogP contribution is 2.22. The van der Waals surface area contributed by atoms with Gasteiger partial charge in [-0.05, 0) is 44.2 Å². The molecule has 0 radical (unpaired) electrons. The molecular formula is C17H18ClNO2. The van der Waals surface area contributed by atoms with Crippen molar-refractivity contribution in [2.24, 2.45) is 0 Å². The molecule has 0 aliphatic rings. The van der Waals surface area contributed by atoms with Crippen LogP contribution >= 0.6 is 11.6 Å². The maximum Gasteiger partial charge on any atom is 0.340 e. The Kier molecular flexibility index (Phi) is 5.23. The molecule has 0 saturated heterocycles. The predicted molar refractivity (Wildman–Crippen MR) is 85.8 cm³/mol. The Balaban J connectivity index is 2.10. The van der Waals surface area contributed by atoms with Gasteiger partial charge in [-0.25, -0.2) is 4.79 Å². The molecule has 0 bridgehead atoms. The number of ether oxygens (including phenoxy) is 1. The highest BCUT2D eigenvalue weighted by atomic mass is 35.5. The van der Waals surface area contributed by atoms with Crippen molar-refractivity contribution in [3.8, 4) is 0 Å². The molecule has 110 valence electrons. The van der Waals surface area contributed by atoms with E-state index in [0.29, 0.717) is 17.1 Å². The van der Waals surface area contributed by atoms with E-state index in [1.54, 1.807) is 12.1 Å². The summed E-state index contributed by atoms with van der Waals surface area (Å²) in [5, 5.41) is 0.660. The molecule has 0 saturated carbocycles. The van der Waals surface area contributed by atoms with Crippen LogP contribution in [-0.2, 0) is 4.74 Å². The van der Waals surface area contributed by atoms with Gasteiger partial charge in [0.1, 0.15) is 0 Å². The lowest BCUT2D eigenvalue weighted by Crippen LogP contribution is -2.36. The van der Waals surface area contributed by atoms with E-state index in [-0.39, 0.29) is 12.2 Å². The number of halogens is 1. The Hall–Kier alpha value is -2.00. The van der Waals surface area contributed by atoms with Crippen molar-refractivity contribution in [3.63, 3.8) is 0 Å². The zero-order chi connectivity index (χ0) is 15.2. The molecule has 1 unspecified atom stereocenters. The van der Waals surface area contributed by atoms with E-state index < -0.39 is 0 Å². The zero-order valence-electron chi connectivity index (χ0n) is 12.1. The van der Waals surface area contributed by atoms with Gasteiger partial charge in [-0.1, -0.05) is 35.9 Å². The van der Waals surface area contributed by atoms with E-state index in [2.05, 4.69) is 0 Å². The third-order valence-corrected chi connectivity index (χ3v) is 3.44. The monoisotopic (exact) mass is 303 g/mol. The number of benzene rings is 2. The van der Waals surface area contributed by atoms with Crippen LogP contribution in [0.15, 0.2) is 54.6 Å². The lowest BCUT2D eigenvalue weighted by atomic mass is 10.2. The molecule has 0 fully saturated rings. The van der Waals surface area contributed by atoms with Crippen LogP contribution in [0.1, 0.15) is 24.2 Å². The van der Waals surface area contributed by atoms with Crippen LogP contribution in [0.5, 0.6) is 0 Å². The van der Waals surface area contributed by atoms with Crippen molar-refractivity contribution in [1.82, 2.24) is 0 Å². The van der Waals surface area contributed by atoms with Crippen molar-refractivity contribution in [2.75, 3.05) is 11.4 Å². The first kappa shape index (κ1) is 15.4. The van der Waals surface area contributed by atoms with Crippen molar-refractivity contribution < 1.29 is 9.53 Å². The van der Waals surface area contributed by atoms with Crippen molar-refractivity contribution in [2.45, 2.75) is 20.1 Å². The highest BCUT2D eigenvalue weighted by molar-refractivity contribution is 6.30. The number of nitrogens with zero attached hydrogens (tertiary/aromatic N) is 1. The summed E-state index contributed by atoms with van der Waals surface area (Å²) in [5.41, 5.74) is 1.48. The van der Waals surface area contributed by atoms with Gasteiger partial charge in [0.25, 0.3) is 0 Å². The molecule has 0 heterocycles. The summed E-state index contributed by atoms with van der Waals surface area (Å²) in [6.45, 7) is 4.57. The Bertz CT molecular complexity index is 601. The Morgan fingerprint density at radius 3 is 2.52 bits per heavy atom. The van der Waals surface area contributed by atoms with E-state index >= 15 is 0 Å². The number of esters is 1. The molecule has 0 amide bonds. The molecule has 2 aromatic rings. The van der Waals surface area contributed by atoms with Crippen molar-refractivity contribution in [1.29, 1.82) is 0 Å². The number of carbonyl (C=O) groups is 1. The number of hydrogen-bond acceptors (Lipinski definition) is 3. The van der Waals surface area contributed by atoms with Crippen LogP contribution < -0.4 is 4.90 Å². The number of carbonyl (C=O) groups excluding carboxylic acids is 1. The minimum absolute atomic E-state index is 0.330. The lowest BCUT2D eigenvalue weighted by molar-refractivity contribution is 0.0336. The van der Waals surface area contributed by atoms with Gasteiger partial charge in [0.2, 0.25) is 0 Å². The van der Waals surface area contributed by atoms with E-state index in [9.17, 15) is 4.79 Å². The summed E-state index contributed by atoms with van der Waals surface area (Å²) >= 11 is 6.02. The van der Waals surface area contributed by atoms with Crippen molar-refractivity contribution >= 4 is 23.3 Å². The maximum atomic E-state index is 12.1. The highest BCUT2D eigenvalue weighted by Gasteiger charge is 2.18. The third kappa shape index (κ3) is 3.99. The average molecular weight is 304 g/mol. The third-order valence-electron chi connectivity index (χ3n) is 3.21. The second-order valence-corrected chi connectivity index (χ2v) is 5.07. The first-order chi connectivity index (χ1) is 10.1. The molecule has 2 rings (SSSR count). The molecule has 4 heteroatoms. The summed E-state index contributed by atoms with van der Waals surface area (Å²) in [6, 6.07) is 16.5. The smallest absolute Gasteiger partial charge is 0.340 e. The summed E-state index contributed by atoms with van der Waals surface area (Å²) < 4.78 is 5.53. The number of hydrogen-bond donors (Lipinski definition) is 0. The summed E-state index contributed by atoms with van der Waals surface area (Å²) in [7, 11) is 0. The van der Waals surface area contributed by atoms with Gasteiger partial charge in [0.15, 0.2) is 6.23 Å². The standard InChI is InChI=1S/C17H18ClNO2/c1-3-19(16-11-7-10-15(18)12-16)13(2)21-17(20)14-8-5-4-6-9-14/h4-13H,3H2,1-2H3. The van der Waals surface area contributed by atoms with Crippen LogP contribution in [0.4, 0.5) is 5.69 Å². The second kappa shape index (κ2) is 7.14. The SMILES string of the molecule is CCN(c1cccc(Cl)c1)C(C)OC(=O)c1ccccc1. The minimum Gasteiger partial charge on any atom is -0.438 e. The average Bonchev–Trinajstić information content (AvgIpc) is 2.49. The first-order valence-corrected chi connectivity index (χ1v) is 7.28. The lowest BCUT2D eigenvalue weighted by Gasteiger charge is -2.29. The Morgan fingerprint density at radius 1 is 1.19 bits per heavy atom. The van der Waals surface area contributed by atoms with Crippen LogP contribution in [-0.4, -0.2) is 18.7 Å². The van der Waals surface area contributed by atoms with Gasteiger partial charge in [-0.3, -0.25) is 0 Å². The molecule has 0 aliphatic heterocycles. The van der Waals surface area contributed by atoms with Gasteiger partial charge in [0.05, 0.1) is 5.56 Å². The van der Waals surface area contributed by atoms with Gasteiger partial charge in [-0.2, -0.15) is 0 Å². The largest absolute Gasteiger partial charge is 0.438 e. The molecule has 0 aromatic heterocycles. The van der Waals surface area contributed by atoms with E-state index in [0.717, 1.165) is 5.69 Å². The topological polar surface area (TPSA) is 29.5 Å². The van der Waals surface area contributed by atoms with Gasteiger partial charge in [-0.15, -0.1) is 0 Å². The van der Waals surface area contributed by atoms with Crippen molar-refractivity contribution in [3.05, 3.63) is 65.2 Å². The molecule has 0 N–H and O–H groups in total. The molecule has 3 nitrogen and oxygen atoms in total. The van der Waals surface area contributed by atoms with Crippen LogP contribution in [0, 0.1) is 0 Å². The van der Waals surface area contributed by atoms with Crippen LogP contribution in [0.25, 0.3) is 0 Å². The normalized spacial score (nSPS) is 11.8. The maximum absolute atomic E-state index is 12.1. The first-order valence-electron chi connectivity index (χ1n) is 6.90. The fourth-order valence-corrected chi connectivity index (χ4v) is 2.35. The molecular weight excluding hydrogens is 286 g/mol. The molecule has 1 atom stereocenters. The van der Waals surface area contributed by atoms with E-state index in [4.69, 9.17) is 16.3 Å². The predicted octanol–water partition coefficient (Wildman–Crippen LogP) is 4.37. The molecule has 0 spiro atoms. The van der Waals surface area contributed by atoms with Gasteiger partial charge < -0.3 is 9.64 Å². The fraction of sp³-hybridized carbons (Fsp3) is 0.235. The number of anilines is 1. The molecule has 2 aromatic carbocycles. The fourth-order valence-electron chi connectivity index (χ4n) is 2.17. The Morgan fingerprint density at radius 2 is 1.90 bits per heavy atom. The molecule has 0 aliphatic carbocycles. The summed E-state index contributed by atoms with van der Waals surface area (Å²) in [4.78, 5) is 14.1. The van der Waals surface area contributed by atoms with Crippen LogP contribution in [0.2, 0.25) is 5.02 Å². The van der Waals surface area contributed by atoms with E-state index in [1.807, 2.05) is 61.2 Å². The zero-order valence-corrected chi connectivity index (χ0v) is 12.9.